The van der Waals surface area contributed by atoms with E-state index in [-0.39, 0.29) is 17.3 Å². The minimum absolute atomic E-state index is 0.183. The summed E-state index contributed by atoms with van der Waals surface area (Å²) in [6.07, 6.45) is 5.71. The number of anilines is 1. The number of amides is 1. The fourth-order valence-corrected chi connectivity index (χ4v) is 3.62. The molecule has 1 amide bonds. The van der Waals surface area contributed by atoms with Gasteiger partial charge in [-0.2, -0.15) is 9.78 Å². The molecule has 0 aliphatic rings. The second-order valence-electron chi connectivity index (χ2n) is 7.47. The van der Waals surface area contributed by atoms with Crippen LogP contribution >= 0.6 is 0 Å². The van der Waals surface area contributed by atoms with Crippen molar-refractivity contribution in [3.05, 3.63) is 95.8 Å². The summed E-state index contributed by atoms with van der Waals surface area (Å²) in [5.41, 5.74) is 10.9. The predicted molar refractivity (Wildman–Crippen MR) is 129 cm³/mol. The summed E-state index contributed by atoms with van der Waals surface area (Å²) in [5, 5.41) is 7.45. The highest BCUT2D eigenvalue weighted by Crippen LogP contribution is 2.27. The molecule has 33 heavy (non-hydrogen) atoms. The van der Waals surface area contributed by atoms with E-state index in [0.717, 1.165) is 11.1 Å². The van der Waals surface area contributed by atoms with Crippen molar-refractivity contribution in [3.63, 3.8) is 0 Å². The number of carbonyl (C=O) groups excluding carboxylic acids is 1. The molecular weight excluding hydrogens is 414 g/mol. The number of fused-ring (bicyclic) bond motifs is 2. The molecular formula is C25H21N7O. The van der Waals surface area contributed by atoms with Crippen LogP contribution in [0.3, 0.4) is 0 Å². The summed E-state index contributed by atoms with van der Waals surface area (Å²) >= 11 is 0. The van der Waals surface area contributed by atoms with Crippen molar-refractivity contribution in [1.29, 1.82) is 0 Å². The normalized spacial score (nSPS) is 11.4. The first-order valence-electron chi connectivity index (χ1n) is 10.5. The molecule has 5 rings (SSSR count). The van der Waals surface area contributed by atoms with E-state index in [1.54, 1.807) is 18.6 Å². The average Bonchev–Trinajstić information content (AvgIpc) is 3.12. The van der Waals surface area contributed by atoms with Crippen molar-refractivity contribution in [2.45, 2.75) is 6.42 Å². The van der Waals surface area contributed by atoms with Gasteiger partial charge in [0.15, 0.2) is 5.65 Å². The minimum atomic E-state index is -0.309. The number of aromatic nitrogens is 4. The van der Waals surface area contributed by atoms with Gasteiger partial charge in [-0.1, -0.05) is 42.5 Å². The van der Waals surface area contributed by atoms with E-state index in [0.29, 0.717) is 35.2 Å². The number of nitrogen functional groups attached to an aromatic ring is 1. The minimum Gasteiger partial charge on any atom is -0.383 e. The number of pyridine rings is 1. The monoisotopic (exact) mass is 435 g/mol. The quantitative estimate of drug-likeness (QED) is 0.397. The van der Waals surface area contributed by atoms with Crippen LogP contribution in [0.1, 0.15) is 21.5 Å². The van der Waals surface area contributed by atoms with Gasteiger partial charge in [0.25, 0.3) is 5.91 Å². The van der Waals surface area contributed by atoms with Gasteiger partial charge < -0.3 is 11.1 Å². The maximum atomic E-state index is 13.2. The van der Waals surface area contributed by atoms with Crippen LogP contribution in [-0.2, 0) is 6.42 Å². The SMILES string of the molecule is Nc1c(C(=O)NCCc2ccccc2)c2nc3ccccc3nc2n1/N=C/c1ccncc1. The fraction of sp³-hybridized carbons (Fsp3) is 0.0800. The van der Waals surface area contributed by atoms with E-state index >= 15 is 0 Å². The first-order chi connectivity index (χ1) is 16.2. The van der Waals surface area contributed by atoms with Gasteiger partial charge in [-0.05, 0) is 41.8 Å². The fourth-order valence-electron chi connectivity index (χ4n) is 3.62. The van der Waals surface area contributed by atoms with Gasteiger partial charge in [-0.3, -0.25) is 9.78 Å². The van der Waals surface area contributed by atoms with Crippen LogP contribution in [0.25, 0.3) is 22.2 Å². The van der Waals surface area contributed by atoms with Gasteiger partial charge in [-0.15, -0.1) is 0 Å². The second kappa shape index (κ2) is 8.88. The smallest absolute Gasteiger partial charge is 0.257 e. The van der Waals surface area contributed by atoms with Crippen molar-refractivity contribution in [2.24, 2.45) is 5.10 Å². The van der Waals surface area contributed by atoms with Crippen molar-refractivity contribution in [2.75, 3.05) is 12.3 Å². The molecule has 0 saturated heterocycles. The van der Waals surface area contributed by atoms with E-state index in [9.17, 15) is 4.79 Å². The second-order valence-corrected chi connectivity index (χ2v) is 7.47. The Morgan fingerprint density at radius 3 is 2.42 bits per heavy atom. The molecule has 0 unspecified atom stereocenters. The van der Waals surface area contributed by atoms with Crippen LogP contribution in [0.15, 0.2) is 84.2 Å². The van der Waals surface area contributed by atoms with Gasteiger partial charge in [-0.25, -0.2) is 9.97 Å². The molecule has 3 heterocycles. The Hall–Kier alpha value is -4.59. The van der Waals surface area contributed by atoms with Crippen LogP contribution < -0.4 is 11.1 Å². The highest BCUT2D eigenvalue weighted by atomic mass is 16.1. The number of rotatable bonds is 6. The number of hydrogen-bond donors (Lipinski definition) is 2. The standard InChI is InChI=1S/C25H21N7O/c26-23-21(25(33)28-15-12-17-6-2-1-3-7-17)22-24(31-20-9-5-4-8-19(20)30-22)32(23)29-16-18-10-13-27-14-11-18/h1-11,13-14,16H,12,15,26H2,(H,28,33)/b29-16+. The third kappa shape index (κ3) is 4.14. The maximum absolute atomic E-state index is 13.2. The number of para-hydroxylation sites is 2. The molecule has 0 aliphatic carbocycles. The topological polar surface area (TPSA) is 111 Å². The summed E-state index contributed by atoms with van der Waals surface area (Å²) in [5.74, 6) is -0.126. The van der Waals surface area contributed by atoms with Gasteiger partial charge in [0.05, 0.1) is 17.2 Å². The van der Waals surface area contributed by atoms with Crippen LogP contribution in [0, 0.1) is 0 Å². The van der Waals surface area contributed by atoms with Crippen LogP contribution in [-0.4, -0.2) is 38.3 Å². The lowest BCUT2D eigenvalue weighted by molar-refractivity contribution is 0.0956. The highest BCUT2D eigenvalue weighted by Gasteiger charge is 2.23. The van der Waals surface area contributed by atoms with E-state index in [4.69, 9.17) is 15.7 Å². The third-order valence-corrected chi connectivity index (χ3v) is 5.27. The Balaban J connectivity index is 1.54. The molecule has 2 aromatic carbocycles. The number of benzene rings is 2. The van der Waals surface area contributed by atoms with E-state index in [1.165, 1.54) is 4.68 Å². The summed E-state index contributed by atoms with van der Waals surface area (Å²) < 4.78 is 1.46. The molecule has 0 saturated carbocycles. The third-order valence-electron chi connectivity index (χ3n) is 5.27. The largest absolute Gasteiger partial charge is 0.383 e. The van der Waals surface area contributed by atoms with Crippen molar-refractivity contribution >= 4 is 40.1 Å². The zero-order chi connectivity index (χ0) is 22.6. The molecule has 162 valence electrons. The predicted octanol–water partition coefficient (Wildman–Crippen LogP) is 3.42. The molecule has 0 spiro atoms. The lowest BCUT2D eigenvalue weighted by atomic mass is 10.1. The Morgan fingerprint density at radius 2 is 1.67 bits per heavy atom. The number of hydrogen-bond acceptors (Lipinski definition) is 6. The molecule has 0 aliphatic heterocycles. The molecule has 5 aromatic rings. The Labute approximate surface area is 189 Å². The van der Waals surface area contributed by atoms with Crippen LogP contribution in [0.2, 0.25) is 0 Å². The number of carbonyl (C=O) groups is 1. The van der Waals surface area contributed by atoms with E-state index in [1.807, 2.05) is 66.7 Å². The molecule has 3 N–H and O–H groups in total. The summed E-state index contributed by atoms with van der Waals surface area (Å²) in [6.45, 7) is 0.469. The lowest BCUT2D eigenvalue weighted by Crippen LogP contribution is -2.26. The van der Waals surface area contributed by atoms with Crippen molar-refractivity contribution < 1.29 is 4.79 Å². The van der Waals surface area contributed by atoms with Gasteiger partial charge in [0.1, 0.15) is 16.9 Å². The molecule has 0 radical (unpaired) electrons. The van der Waals surface area contributed by atoms with Gasteiger partial charge in [0.2, 0.25) is 0 Å². The highest BCUT2D eigenvalue weighted by molar-refractivity contribution is 6.10. The molecule has 0 fully saturated rings. The molecule has 0 atom stereocenters. The van der Waals surface area contributed by atoms with Gasteiger partial charge >= 0.3 is 0 Å². The first-order valence-corrected chi connectivity index (χ1v) is 10.5. The van der Waals surface area contributed by atoms with Crippen LogP contribution in [0.5, 0.6) is 0 Å². The Morgan fingerprint density at radius 1 is 0.970 bits per heavy atom. The van der Waals surface area contributed by atoms with E-state index < -0.39 is 0 Å². The molecule has 3 aromatic heterocycles. The maximum Gasteiger partial charge on any atom is 0.257 e. The summed E-state index contributed by atoms with van der Waals surface area (Å²) in [4.78, 5) is 26.6. The van der Waals surface area contributed by atoms with Gasteiger partial charge in [0, 0.05) is 18.9 Å². The lowest BCUT2D eigenvalue weighted by Gasteiger charge is -2.05. The first kappa shape index (κ1) is 20.3. The zero-order valence-electron chi connectivity index (χ0n) is 17.7. The van der Waals surface area contributed by atoms with E-state index in [2.05, 4.69) is 15.4 Å². The number of nitrogens with two attached hydrogens (primary N) is 1. The zero-order valence-corrected chi connectivity index (χ0v) is 17.7. The molecule has 0 bridgehead atoms. The Bertz CT molecular complexity index is 1460. The number of nitrogens with zero attached hydrogens (tertiary/aromatic N) is 5. The summed E-state index contributed by atoms with van der Waals surface area (Å²) in [7, 11) is 0. The van der Waals surface area contributed by atoms with Crippen molar-refractivity contribution in [3.8, 4) is 0 Å². The number of nitrogens with one attached hydrogen (secondary N) is 1. The Kier molecular flexibility index (Phi) is 5.47. The molecule has 8 nitrogen and oxygen atoms in total. The van der Waals surface area contributed by atoms with Crippen LogP contribution in [0.4, 0.5) is 5.82 Å². The van der Waals surface area contributed by atoms with Crippen molar-refractivity contribution in [1.82, 2.24) is 24.9 Å². The average molecular weight is 435 g/mol. The molecule has 8 heteroatoms. The summed E-state index contributed by atoms with van der Waals surface area (Å²) in [6, 6.07) is 21.1.